The third kappa shape index (κ3) is 5.65. The zero-order valence-corrected chi connectivity index (χ0v) is 25.6. The summed E-state index contributed by atoms with van der Waals surface area (Å²) in [5.41, 5.74) is 6.53. The molecule has 2 aliphatic heterocycles. The van der Waals surface area contributed by atoms with Crippen molar-refractivity contribution < 1.29 is 40.2 Å². The van der Waals surface area contributed by atoms with Gasteiger partial charge in [-0.05, 0) is 76.6 Å². The number of para-hydroxylation sites is 1. The molecule has 6 nitrogen and oxygen atoms in total. The second-order valence-corrected chi connectivity index (χ2v) is 11.4. The second kappa shape index (κ2) is 11.7. The lowest BCUT2D eigenvalue weighted by molar-refractivity contribution is -0.437. The van der Waals surface area contributed by atoms with Crippen molar-refractivity contribution in [2.75, 3.05) is 41.3 Å². The molecule has 0 spiro atoms. The van der Waals surface area contributed by atoms with Crippen molar-refractivity contribution in [1.82, 2.24) is 9.80 Å². The van der Waals surface area contributed by atoms with Gasteiger partial charge in [-0.15, -0.1) is 0 Å². The number of likely N-dealkylation sites (N-methyl/N-ethyl adjacent to an activating group) is 1. The highest BCUT2D eigenvalue weighted by molar-refractivity contribution is 6.03. The molecule has 2 aromatic carbocycles. The Balaban J connectivity index is 0.00000370. The van der Waals surface area contributed by atoms with Gasteiger partial charge in [0.2, 0.25) is 5.69 Å². The van der Waals surface area contributed by atoms with E-state index in [1.54, 1.807) is 14.1 Å². The normalized spacial score (nSPS) is 17.1. The number of carbonyl (C=O) groups excluding carboxylic acids is 1. The Kier molecular flexibility index (Phi) is 8.71. The summed E-state index contributed by atoms with van der Waals surface area (Å²) in [6, 6.07) is 11.5. The fraction of sp³-hybridized carbons (Fsp3) is 0.375. The first-order valence-corrected chi connectivity index (χ1v) is 13.5. The first kappa shape index (κ1) is 29.7. The van der Waals surface area contributed by atoms with Crippen LogP contribution in [0.25, 0.3) is 6.08 Å². The molecule has 0 bridgehead atoms. The van der Waals surface area contributed by atoms with Crippen molar-refractivity contribution in [2.24, 2.45) is 0 Å². The number of allylic oxidation sites excluding steroid dienone is 4. The highest BCUT2D eigenvalue weighted by Crippen LogP contribution is 2.43. The summed E-state index contributed by atoms with van der Waals surface area (Å²) in [6.07, 6.45) is 8.54. The van der Waals surface area contributed by atoms with E-state index < -0.39 is 11.9 Å². The van der Waals surface area contributed by atoms with Crippen LogP contribution in [0.4, 0.5) is 14.9 Å². The summed E-state index contributed by atoms with van der Waals surface area (Å²) >= 11 is 0. The van der Waals surface area contributed by atoms with Crippen LogP contribution in [0, 0.1) is 5.82 Å². The summed E-state index contributed by atoms with van der Waals surface area (Å²) < 4.78 is 28.8. The van der Waals surface area contributed by atoms with Crippen molar-refractivity contribution in [3.63, 3.8) is 0 Å². The van der Waals surface area contributed by atoms with E-state index in [4.69, 9.17) is 9.47 Å². The number of carbonyl (C=O) groups is 1. The molecule has 2 heterocycles. The summed E-state index contributed by atoms with van der Waals surface area (Å²) in [6.45, 7) is 6.40. The van der Waals surface area contributed by atoms with Crippen LogP contribution in [-0.2, 0) is 5.41 Å². The standard InChI is InChI=1S/C32H37FN3O3.BrH/c1-32(2)24-12-7-8-13-26(24)36(17-16-34(3)4)29(32)15-14-21-10-9-11-22-18-23-19-25(33)28(39-31(37)35(5)6)20-27(23)38-30(21)22;/h7-8,12-15,18-20H,9-11,16-17H2,1-6H3;1H/q+1;/p-1/b15-14+;. The molecule has 40 heavy (non-hydrogen) atoms. The Morgan fingerprint density at radius 2 is 1.88 bits per heavy atom. The van der Waals surface area contributed by atoms with Crippen molar-refractivity contribution in [3.8, 4) is 11.5 Å². The van der Waals surface area contributed by atoms with Crippen LogP contribution in [0.5, 0.6) is 11.5 Å². The van der Waals surface area contributed by atoms with E-state index in [0.717, 1.165) is 49.3 Å². The SMILES string of the molecule is CN(C)CC[N+]1=C(/C=C/C2=C3Oc4cc(OC(=O)N(C)C)c(F)cc4C=C3CCC2)C(C)(C)c2ccccc21.[Br-]. The van der Waals surface area contributed by atoms with Crippen LogP contribution in [0.1, 0.15) is 44.2 Å². The lowest BCUT2D eigenvalue weighted by atomic mass is 9.81. The molecule has 0 atom stereocenters. The number of hydrogen-bond acceptors (Lipinski definition) is 4. The fourth-order valence-corrected chi connectivity index (χ4v) is 5.50. The van der Waals surface area contributed by atoms with Gasteiger partial charge in [0.1, 0.15) is 11.5 Å². The average molecular weight is 611 g/mol. The molecular formula is C32H37BrFN3O3. The first-order valence-electron chi connectivity index (χ1n) is 13.5. The first-order chi connectivity index (χ1) is 18.6. The van der Waals surface area contributed by atoms with E-state index in [9.17, 15) is 9.18 Å². The summed E-state index contributed by atoms with van der Waals surface area (Å²) in [7, 11) is 7.31. The molecule has 8 heteroatoms. The van der Waals surface area contributed by atoms with E-state index in [1.165, 1.54) is 34.0 Å². The van der Waals surface area contributed by atoms with Crippen LogP contribution in [0.15, 0.2) is 65.5 Å². The Morgan fingerprint density at radius 3 is 2.60 bits per heavy atom. The van der Waals surface area contributed by atoms with Crippen LogP contribution in [0.3, 0.4) is 0 Å². The van der Waals surface area contributed by atoms with Gasteiger partial charge in [0.05, 0.1) is 12.0 Å². The topological polar surface area (TPSA) is 45.0 Å². The number of hydrogen-bond donors (Lipinski definition) is 0. The van der Waals surface area contributed by atoms with Crippen molar-refractivity contribution in [1.29, 1.82) is 0 Å². The molecule has 0 saturated carbocycles. The van der Waals surface area contributed by atoms with E-state index in [2.05, 4.69) is 73.8 Å². The largest absolute Gasteiger partial charge is 1.00 e. The summed E-state index contributed by atoms with van der Waals surface area (Å²) in [5, 5.41) is 0. The Hall–Kier alpha value is -3.23. The molecule has 212 valence electrons. The summed E-state index contributed by atoms with van der Waals surface area (Å²) in [5.74, 6) is 0.564. The van der Waals surface area contributed by atoms with Crippen molar-refractivity contribution >= 4 is 23.6 Å². The van der Waals surface area contributed by atoms with Gasteiger partial charge in [0.25, 0.3) is 0 Å². The highest BCUT2D eigenvalue weighted by Gasteiger charge is 2.44. The molecule has 1 aliphatic carbocycles. The average Bonchev–Trinajstić information content (AvgIpc) is 3.11. The maximum atomic E-state index is 14.7. The minimum Gasteiger partial charge on any atom is -1.00 e. The monoisotopic (exact) mass is 609 g/mol. The molecule has 0 fully saturated rings. The minimum absolute atomic E-state index is 0. The molecule has 0 N–H and O–H groups in total. The number of amides is 1. The highest BCUT2D eigenvalue weighted by atomic mass is 79.9. The van der Waals surface area contributed by atoms with Crippen LogP contribution in [-0.4, -0.2) is 67.5 Å². The zero-order chi connectivity index (χ0) is 27.9. The maximum Gasteiger partial charge on any atom is 0.414 e. The van der Waals surface area contributed by atoms with Crippen LogP contribution < -0.4 is 26.5 Å². The number of halogens is 2. The molecule has 1 amide bonds. The smallest absolute Gasteiger partial charge is 0.414 e. The number of rotatable bonds is 6. The van der Waals surface area contributed by atoms with E-state index >= 15 is 0 Å². The predicted octanol–water partition coefficient (Wildman–Crippen LogP) is 3.30. The van der Waals surface area contributed by atoms with Crippen LogP contribution >= 0.6 is 0 Å². The van der Waals surface area contributed by atoms with Gasteiger partial charge < -0.3 is 36.3 Å². The number of ether oxygens (including phenoxy) is 2. The number of nitrogens with zero attached hydrogens (tertiary/aromatic N) is 3. The fourth-order valence-electron chi connectivity index (χ4n) is 5.50. The van der Waals surface area contributed by atoms with Gasteiger partial charge in [-0.3, -0.25) is 0 Å². The Morgan fingerprint density at radius 1 is 1.12 bits per heavy atom. The van der Waals surface area contributed by atoms with Gasteiger partial charge in [-0.1, -0.05) is 18.2 Å². The molecule has 0 radical (unpaired) electrons. The molecule has 0 unspecified atom stereocenters. The molecular weight excluding hydrogens is 573 g/mol. The molecule has 3 aliphatic rings. The Bertz CT molecular complexity index is 1450. The quantitative estimate of drug-likeness (QED) is 0.472. The third-order valence-electron chi connectivity index (χ3n) is 7.66. The third-order valence-corrected chi connectivity index (χ3v) is 7.66. The lowest BCUT2D eigenvalue weighted by Gasteiger charge is -2.27. The molecule has 2 aromatic rings. The van der Waals surface area contributed by atoms with E-state index in [0.29, 0.717) is 11.3 Å². The van der Waals surface area contributed by atoms with Crippen LogP contribution in [0.2, 0.25) is 0 Å². The zero-order valence-electron chi connectivity index (χ0n) is 24.1. The van der Waals surface area contributed by atoms with Gasteiger partial charge in [0, 0.05) is 43.4 Å². The Labute approximate surface area is 246 Å². The predicted molar refractivity (Wildman–Crippen MR) is 153 cm³/mol. The van der Waals surface area contributed by atoms with Gasteiger partial charge in [0.15, 0.2) is 23.8 Å². The molecule has 5 rings (SSSR count). The maximum absolute atomic E-state index is 14.7. The van der Waals surface area contributed by atoms with Gasteiger partial charge in [-0.2, -0.15) is 4.58 Å². The van der Waals surface area contributed by atoms with Gasteiger partial charge in [-0.25, -0.2) is 9.18 Å². The van der Waals surface area contributed by atoms with E-state index in [1.807, 2.05) is 6.08 Å². The number of benzene rings is 2. The number of fused-ring (bicyclic) bond motifs is 3. The lowest BCUT2D eigenvalue weighted by Crippen LogP contribution is -3.00. The molecule has 0 saturated heterocycles. The van der Waals surface area contributed by atoms with Crippen molar-refractivity contribution in [2.45, 2.75) is 38.5 Å². The van der Waals surface area contributed by atoms with Crippen molar-refractivity contribution in [3.05, 3.63) is 82.4 Å². The van der Waals surface area contributed by atoms with Gasteiger partial charge >= 0.3 is 6.09 Å². The second-order valence-electron chi connectivity index (χ2n) is 11.4. The minimum atomic E-state index is -0.641. The molecule has 0 aromatic heterocycles. The summed E-state index contributed by atoms with van der Waals surface area (Å²) in [4.78, 5) is 15.5. The van der Waals surface area contributed by atoms with E-state index in [-0.39, 0.29) is 28.1 Å².